The Morgan fingerprint density at radius 2 is 1.76 bits per heavy atom. The van der Waals surface area contributed by atoms with Crippen LogP contribution in [-0.4, -0.2) is 34.8 Å². The predicted octanol–water partition coefficient (Wildman–Crippen LogP) is 3.19. The van der Waals surface area contributed by atoms with Gasteiger partial charge < -0.3 is 9.80 Å². The number of fused-ring (bicyclic) bond motifs is 1. The van der Waals surface area contributed by atoms with Crippen LogP contribution in [-0.2, 0) is 4.79 Å². The summed E-state index contributed by atoms with van der Waals surface area (Å²) in [6, 6.07) is 11.0. The number of carbonyl (C=O) groups excluding carboxylic acids is 2. The molecular weight excluding hydrogens is 314 g/mol. The van der Waals surface area contributed by atoms with Gasteiger partial charge in [-0.2, -0.15) is 0 Å². The van der Waals surface area contributed by atoms with Gasteiger partial charge in [-0.1, -0.05) is 18.2 Å². The monoisotopic (exact) mass is 335 g/mol. The van der Waals surface area contributed by atoms with Crippen molar-refractivity contribution in [2.24, 2.45) is 0 Å². The van der Waals surface area contributed by atoms with Gasteiger partial charge in [0.05, 0.1) is 12.5 Å². The minimum Gasteiger partial charge on any atom is -0.343 e. The zero-order valence-electron chi connectivity index (χ0n) is 14.1. The van der Waals surface area contributed by atoms with Crippen molar-refractivity contribution in [3.63, 3.8) is 0 Å². The van der Waals surface area contributed by atoms with Gasteiger partial charge in [-0.05, 0) is 43.0 Å². The Morgan fingerprint density at radius 1 is 1.04 bits per heavy atom. The summed E-state index contributed by atoms with van der Waals surface area (Å²) in [5.74, 6) is 0.0894. The van der Waals surface area contributed by atoms with Gasteiger partial charge in [0.2, 0.25) is 5.91 Å². The number of piperidine rings is 1. The molecule has 0 N–H and O–H groups in total. The second-order valence-electron chi connectivity index (χ2n) is 6.63. The number of anilines is 1. The molecule has 1 aromatic heterocycles. The molecule has 1 atom stereocenters. The Labute approximate surface area is 147 Å². The summed E-state index contributed by atoms with van der Waals surface area (Å²) in [6.07, 6.45) is 7.01. The number of hydrogen-bond donors (Lipinski definition) is 0. The third-order valence-electron chi connectivity index (χ3n) is 5.10. The van der Waals surface area contributed by atoms with E-state index in [1.165, 1.54) is 6.42 Å². The molecule has 1 aromatic carbocycles. The number of hydrogen-bond acceptors (Lipinski definition) is 3. The van der Waals surface area contributed by atoms with Crippen molar-refractivity contribution in [1.29, 1.82) is 0 Å². The van der Waals surface area contributed by atoms with Crippen LogP contribution in [0.5, 0.6) is 0 Å². The second-order valence-corrected chi connectivity index (χ2v) is 6.63. The first-order valence-corrected chi connectivity index (χ1v) is 8.86. The second kappa shape index (κ2) is 6.67. The highest BCUT2D eigenvalue weighted by Crippen LogP contribution is 2.39. The Kier molecular flexibility index (Phi) is 4.22. The van der Waals surface area contributed by atoms with Crippen LogP contribution in [0.1, 0.15) is 47.6 Å². The van der Waals surface area contributed by atoms with Crippen LogP contribution in [0.3, 0.4) is 0 Å². The molecule has 0 aliphatic carbocycles. The molecule has 3 heterocycles. The molecule has 1 fully saturated rings. The summed E-state index contributed by atoms with van der Waals surface area (Å²) in [5.41, 5.74) is 2.41. The van der Waals surface area contributed by atoms with Crippen LogP contribution < -0.4 is 4.90 Å². The van der Waals surface area contributed by atoms with Crippen molar-refractivity contribution in [2.75, 3.05) is 18.0 Å². The number of amides is 2. The van der Waals surface area contributed by atoms with E-state index in [0.29, 0.717) is 12.0 Å². The average Bonchev–Trinajstić information content (AvgIpc) is 2.95. The average molecular weight is 335 g/mol. The van der Waals surface area contributed by atoms with Crippen molar-refractivity contribution in [1.82, 2.24) is 9.88 Å². The molecule has 2 aliphatic heterocycles. The SMILES string of the molecule is O=C(CC1c2ccccc2C(=O)N1c1ccncc1)N1CCCCC1. The van der Waals surface area contributed by atoms with Gasteiger partial charge in [0.15, 0.2) is 0 Å². The molecule has 2 aliphatic rings. The van der Waals surface area contributed by atoms with Crippen molar-refractivity contribution >= 4 is 17.5 Å². The molecule has 128 valence electrons. The van der Waals surface area contributed by atoms with E-state index in [1.54, 1.807) is 17.3 Å². The van der Waals surface area contributed by atoms with Crippen LogP contribution in [0.25, 0.3) is 0 Å². The molecule has 0 bridgehead atoms. The Balaban J connectivity index is 1.66. The summed E-state index contributed by atoms with van der Waals surface area (Å²) in [4.78, 5) is 33.5. The zero-order valence-corrected chi connectivity index (χ0v) is 14.1. The molecule has 1 saturated heterocycles. The summed E-state index contributed by atoms with van der Waals surface area (Å²) in [7, 11) is 0. The first-order chi connectivity index (χ1) is 12.3. The fourth-order valence-corrected chi connectivity index (χ4v) is 3.83. The molecule has 0 spiro atoms. The van der Waals surface area contributed by atoms with Crippen molar-refractivity contribution in [3.05, 3.63) is 59.9 Å². The fourth-order valence-electron chi connectivity index (χ4n) is 3.83. The van der Waals surface area contributed by atoms with Gasteiger partial charge in [-0.25, -0.2) is 0 Å². The molecule has 5 nitrogen and oxygen atoms in total. The molecule has 2 amide bonds. The number of carbonyl (C=O) groups is 2. The highest BCUT2D eigenvalue weighted by Gasteiger charge is 2.39. The van der Waals surface area contributed by atoms with Crippen molar-refractivity contribution < 1.29 is 9.59 Å². The maximum absolute atomic E-state index is 12.9. The third-order valence-corrected chi connectivity index (χ3v) is 5.10. The lowest BCUT2D eigenvalue weighted by molar-refractivity contribution is -0.132. The van der Waals surface area contributed by atoms with E-state index in [0.717, 1.165) is 37.2 Å². The van der Waals surface area contributed by atoms with Gasteiger partial charge >= 0.3 is 0 Å². The van der Waals surface area contributed by atoms with E-state index < -0.39 is 0 Å². The normalized spacial score (nSPS) is 19.8. The lowest BCUT2D eigenvalue weighted by Crippen LogP contribution is -2.38. The third kappa shape index (κ3) is 2.90. The summed E-state index contributed by atoms with van der Waals surface area (Å²) >= 11 is 0. The Hall–Kier alpha value is -2.69. The number of benzene rings is 1. The number of pyridine rings is 1. The fraction of sp³-hybridized carbons (Fsp3) is 0.350. The van der Waals surface area contributed by atoms with Crippen LogP contribution in [0, 0.1) is 0 Å². The highest BCUT2D eigenvalue weighted by molar-refractivity contribution is 6.11. The molecule has 5 heteroatoms. The quantitative estimate of drug-likeness (QED) is 0.865. The van der Waals surface area contributed by atoms with Crippen LogP contribution in [0.15, 0.2) is 48.8 Å². The summed E-state index contributed by atoms with van der Waals surface area (Å²) in [5, 5.41) is 0. The topological polar surface area (TPSA) is 53.5 Å². The number of rotatable bonds is 3. The molecule has 0 radical (unpaired) electrons. The van der Waals surface area contributed by atoms with E-state index in [1.807, 2.05) is 41.3 Å². The van der Waals surface area contributed by atoms with Gasteiger partial charge in [0.25, 0.3) is 5.91 Å². The highest BCUT2D eigenvalue weighted by atomic mass is 16.2. The molecular formula is C20H21N3O2. The maximum Gasteiger partial charge on any atom is 0.259 e. The maximum atomic E-state index is 12.9. The summed E-state index contributed by atoms with van der Waals surface area (Å²) in [6.45, 7) is 1.66. The Bertz CT molecular complexity index is 785. The molecule has 2 aromatic rings. The van der Waals surface area contributed by atoms with E-state index in [2.05, 4.69) is 4.98 Å². The van der Waals surface area contributed by atoms with Gasteiger partial charge in [0.1, 0.15) is 0 Å². The largest absolute Gasteiger partial charge is 0.343 e. The number of aromatic nitrogens is 1. The standard InChI is InChI=1S/C20H21N3O2/c24-19(22-12-4-1-5-13-22)14-18-16-6-2-3-7-17(16)20(25)23(18)15-8-10-21-11-9-15/h2-3,6-11,18H,1,4-5,12-14H2. The van der Waals surface area contributed by atoms with Crippen molar-refractivity contribution in [2.45, 2.75) is 31.7 Å². The van der Waals surface area contributed by atoms with Gasteiger partial charge in [-0.15, -0.1) is 0 Å². The lowest BCUT2D eigenvalue weighted by Gasteiger charge is -2.30. The minimum absolute atomic E-state index is 0.0433. The van der Waals surface area contributed by atoms with E-state index in [-0.39, 0.29) is 17.9 Å². The molecule has 0 saturated carbocycles. The molecule has 25 heavy (non-hydrogen) atoms. The minimum atomic E-state index is -0.250. The summed E-state index contributed by atoms with van der Waals surface area (Å²) < 4.78 is 0. The van der Waals surface area contributed by atoms with Gasteiger partial charge in [0, 0.05) is 36.7 Å². The first-order valence-electron chi connectivity index (χ1n) is 8.86. The molecule has 1 unspecified atom stereocenters. The zero-order chi connectivity index (χ0) is 17.2. The Morgan fingerprint density at radius 3 is 2.52 bits per heavy atom. The van der Waals surface area contributed by atoms with Crippen molar-refractivity contribution in [3.8, 4) is 0 Å². The first kappa shape index (κ1) is 15.8. The molecule has 4 rings (SSSR count). The van der Waals surface area contributed by atoms with Crippen LogP contribution in [0.4, 0.5) is 5.69 Å². The van der Waals surface area contributed by atoms with Crippen LogP contribution >= 0.6 is 0 Å². The van der Waals surface area contributed by atoms with Crippen LogP contribution in [0.2, 0.25) is 0 Å². The van der Waals surface area contributed by atoms with E-state index in [9.17, 15) is 9.59 Å². The lowest BCUT2D eigenvalue weighted by atomic mass is 10.0. The van der Waals surface area contributed by atoms with E-state index in [4.69, 9.17) is 0 Å². The number of nitrogens with zero attached hydrogens (tertiary/aromatic N) is 3. The smallest absolute Gasteiger partial charge is 0.259 e. The predicted molar refractivity (Wildman–Crippen MR) is 95.3 cm³/mol. The van der Waals surface area contributed by atoms with Gasteiger partial charge in [-0.3, -0.25) is 14.6 Å². The number of likely N-dealkylation sites (tertiary alicyclic amines) is 1. The van der Waals surface area contributed by atoms with E-state index >= 15 is 0 Å².